The van der Waals surface area contributed by atoms with Gasteiger partial charge < -0.3 is 0 Å². The molecule has 0 aliphatic heterocycles. The maximum Gasteiger partial charge on any atom is 0.00193 e. The van der Waals surface area contributed by atoms with Crippen molar-refractivity contribution in [2.24, 2.45) is 17.8 Å². The average Bonchev–Trinajstić information content (AvgIpc) is 2.37. The highest BCUT2D eigenvalue weighted by Gasteiger charge is 2.26. The summed E-state index contributed by atoms with van der Waals surface area (Å²) in [7, 11) is 0. The molecule has 0 spiro atoms. The number of hydrogen-bond donors (Lipinski definition) is 1. The van der Waals surface area contributed by atoms with Crippen molar-refractivity contribution in [3.8, 4) is 0 Å². The molecule has 1 heteroatoms. The van der Waals surface area contributed by atoms with Crippen molar-refractivity contribution in [3.05, 3.63) is 0 Å². The summed E-state index contributed by atoms with van der Waals surface area (Å²) in [4.78, 5) is 0. The van der Waals surface area contributed by atoms with E-state index in [-0.39, 0.29) is 0 Å². The monoisotopic (exact) mass is 270 g/mol. The first-order valence-corrected chi connectivity index (χ1v) is 8.84. The lowest BCUT2D eigenvalue weighted by molar-refractivity contribution is 0.222. The molecule has 0 saturated heterocycles. The molecular weight excluding hydrogens is 236 g/mol. The van der Waals surface area contributed by atoms with E-state index in [1.807, 2.05) is 0 Å². The largest absolute Gasteiger partial charge is 0.176 e. The minimum Gasteiger partial charge on any atom is -0.176 e. The third kappa shape index (κ3) is 5.99. The van der Waals surface area contributed by atoms with Crippen LogP contribution in [0.5, 0.6) is 0 Å². The van der Waals surface area contributed by atoms with Crippen LogP contribution < -0.4 is 0 Å². The van der Waals surface area contributed by atoms with Crippen molar-refractivity contribution < 1.29 is 0 Å². The van der Waals surface area contributed by atoms with E-state index >= 15 is 0 Å². The van der Waals surface area contributed by atoms with E-state index in [4.69, 9.17) is 12.6 Å². The van der Waals surface area contributed by atoms with Crippen LogP contribution in [-0.4, -0.2) is 5.25 Å². The van der Waals surface area contributed by atoms with Crippen molar-refractivity contribution in [1.29, 1.82) is 0 Å². The molecule has 0 heterocycles. The third-order valence-electron chi connectivity index (χ3n) is 4.92. The van der Waals surface area contributed by atoms with Gasteiger partial charge in [-0.25, -0.2) is 0 Å². The minimum atomic E-state index is 0.589. The first kappa shape index (κ1) is 16.4. The molecule has 1 aliphatic rings. The molecular formula is C17H34S. The molecule has 0 aromatic heterocycles. The Hall–Kier alpha value is 0.350. The van der Waals surface area contributed by atoms with Gasteiger partial charge in [0, 0.05) is 5.25 Å². The predicted octanol–water partition coefficient (Wildman–Crippen LogP) is 6.11. The zero-order chi connectivity index (χ0) is 13.4. The Morgan fingerprint density at radius 3 is 2.22 bits per heavy atom. The lowest BCUT2D eigenvalue weighted by Crippen LogP contribution is -2.25. The Labute approximate surface area is 121 Å². The molecule has 0 nitrogen and oxygen atoms in total. The van der Waals surface area contributed by atoms with Crippen molar-refractivity contribution in [3.63, 3.8) is 0 Å². The third-order valence-corrected chi connectivity index (χ3v) is 5.30. The van der Waals surface area contributed by atoms with Gasteiger partial charge in [-0.1, -0.05) is 78.6 Å². The van der Waals surface area contributed by atoms with Gasteiger partial charge in [0.1, 0.15) is 0 Å². The van der Waals surface area contributed by atoms with Crippen LogP contribution in [-0.2, 0) is 0 Å². The summed E-state index contributed by atoms with van der Waals surface area (Å²) < 4.78 is 0. The summed E-state index contributed by atoms with van der Waals surface area (Å²) in [6, 6.07) is 0. The van der Waals surface area contributed by atoms with Crippen molar-refractivity contribution >= 4 is 12.6 Å². The summed E-state index contributed by atoms with van der Waals surface area (Å²) in [5.74, 6) is 2.77. The lowest BCUT2D eigenvalue weighted by atomic mass is 9.75. The van der Waals surface area contributed by atoms with E-state index in [1.54, 1.807) is 0 Å². The molecule has 1 aliphatic carbocycles. The van der Waals surface area contributed by atoms with Gasteiger partial charge in [0.25, 0.3) is 0 Å². The number of hydrogen-bond acceptors (Lipinski definition) is 1. The van der Waals surface area contributed by atoms with Gasteiger partial charge in [0.05, 0.1) is 0 Å². The molecule has 0 aromatic rings. The highest BCUT2D eigenvalue weighted by molar-refractivity contribution is 7.80. The molecule has 3 unspecified atom stereocenters. The molecule has 0 amide bonds. The van der Waals surface area contributed by atoms with Gasteiger partial charge in [-0.05, 0) is 24.2 Å². The van der Waals surface area contributed by atoms with E-state index in [0.29, 0.717) is 5.25 Å². The molecule has 0 bridgehead atoms. The Kier molecular flexibility index (Phi) is 8.46. The molecule has 3 atom stereocenters. The van der Waals surface area contributed by atoms with Crippen LogP contribution in [0, 0.1) is 17.8 Å². The summed E-state index contributed by atoms with van der Waals surface area (Å²) in [6.07, 6.45) is 14.4. The predicted molar refractivity (Wildman–Crippen MR) is 86.4 cm³/mol. The quantitative estimate of drug-likeness (QED) is 0.506. The first-order valence-electron chi connectivity index (χ1n) is 8.33. The minimum absolute atomic E-state index is 0.589. The Bertz CT molecular complexity index is 194. The molecule has 1 rings (SSSR count). The van der Waals surface area contributed by atoms with Crippen LogP contribution in [0.25, 0.3) is 0 Å². The topological polar surface area (TPSA) is 0 Å². The van der Waals surface area contributed by atoms with Crippen LogP contribution in [0.4, 0.5) is 0 Å². The fraction of sp³-hybridized carbons (Fsp3) is 1.00. The van der Waals surface area contributed by atoms with Gasteiger partial charge in [-0.3, -0.25) is 0 Å². The van der Waals surface area contributed by atoms with Crippen LogP contribution in [0.2, 0.25) is 0 Å². The second kappa shape index (κ2) is 9.28. The van der Waals surface area contributed by atoms with E-state index < -0.39 is 0 Å². The first-order chi connectivity index (χ1) is 8.65. The molecule has 0 N–H and O–H groups in total. The van der Waals surface area contributed by atoms with Crippen LogP contribution in [0.15, 0.2) is 0 Å². The van der Waals surface area contributed by atoms with Gasteiger partial charge in [0.15, 0.2) is 0 Å². The van der Waals surface area contributed by atoms with Gasteiger partial charge in [-0.15, -0.1) is 0 Å². The molecule has 1 saturated carbocycles. The summed E-state index contributed by atoms with van der Waals surface area (Å²) >= 11 is 4.78. The number of thiol groups is 1. The smallest absolute Gasteiger partial charge is 0.00193 e. The normalized spacial score (nSPS) is 22.7. The van der Waals surface area contributed by atoms with E-state index in [9.17, 15) is 0 Å². The van der Waals surface area contributed by atoms with Gasteiger partial charge >= 0.3 is 0 Å². The second-order valence-electron chi connectivity index (χ2n) is 6.63. The molecule has 108 valence electrons. The number of unbranched alkanes of at least 4 members (excludes halogenated alkanes) is 1. The summed E-state index contributed by atoms with van der Waals surface area (Å²) in [5, 5.41) is 0.589. The van der Waals surface area contributed by atoms with E-state index in [1.165, 1.54) is 64.2 Å². The summed E-state index contributed by atoms with van der Waals surface area (Å²) in [5.41, 5.74) is 0. The van der Waals surface area contributed by atoms with Crippen molar-refractivity contribution in [1.82, 2.24) is 0 Å². The Morgan fingerprint density at radius 1 is 1.00 bits per heavy atom. The fourth-order valence-electron chi connectivity index (χ4n) is 3.61. The van der Waals surface area contributed by atoms with Crippen molar-refractivity contribution in [2.75, 3.05) is 0 Å². The van der Waals surface area contributed by atoms with E-state index in [2.05, 4.69) is 20.8 Å². The lowest BCUT2D eigenvalue weighted by Gasteiger charge is -2.33. The van der Waals surface area contributed by atoms with Crippen molar-refractivity contribution in [2.45, 2.75) is 90.2 Å². The highest BCUT2D eigenvalue weighted by Crippen LogP contribution is 2.36. The van der Waals surface area contributed by atoms with Crippen LogP contribution in [0.3, 0.4) is 0 Å². The second-order valence-corrected chi connectivity index (χ2v) is 7.44. The van der Waals surface area contributed by atoms with E-state index in [0.717, 1.165) is 17.8 Å². The average molecular weight is 271 g/mol. The van der Waals surface area contributed by atoms with Gasteiger partial charge in [0.2, 0.25) is 0 Å². The maximum absolute atomic E-state index is 4.78. The van der Waals surface area contributed by atoms with Crippen LogP contribution in [0.1, 0.15) is 85.0 Å². The molecule has 1 fully saturated rings. The Balaban J connectivity index is 2.32. The zero-order valence-corrected chi connectivity index (χ0v) is 13.7. The standard InChI is InChI=1S/C17H34S/c1-4-5-9-14(2)12-13-17(15(3)18)16-10-7-6-8-11-16/h14-18H,4-13H2,1-3H3. The zero-order valence-electron chi connectivity index (χ0n) is 12.8. The van der Waals surface area contributed by atoms with Crippen LogP contribution >= 0.6 is 12.6 Å². The summed E-state index contributed by atoms with van der Waals surface area (Å²) in [6.45, 7) is 7.06. The molecule has 18 heavy (non-hydrogen) atoms. The van der Waals surface area contributed by atoms with Gasteiger partial charge in [-0.2, -0.15) is 12.6 Å². The Morgan fingerprint density at radius 2 is 1.67 bits per heavy atom. The highest BCUT2D eigenvalue weighted by atomic mass is 32.1. The number of rotatable bonds is 8. The molecule has 0 radical (unpaired) electrons. The SMILES string of the molecule is CCCCC(C)CCC(C(C)S)C1CCCCC1. The maximum atomic E-state index is 4.78. The fourth-order valence-corrected chi connectivity index (χ4v) is 4.00. The molecule has 0 aromatic carbocycles.